The van der Waals surface area contributed by atoms with Crippen LogP contribution in [0.3, 0.4) is 0 Å². The predicted octanol–water partition coefficient (Wildman–Crippen LogP) is -1.14. The van der Waals surface area contributed by atoms with Crippen LogP contribution >= 0.6 is 0 Å². The Kier molecular flexibility index (Phi) is 3.89. The van der Waals surface area contributed by atoms with Crippen molar-refractivity contribution < 1.29 is 14.3 Å². The predicted molar refractivity (Wildman–Crippen MR) is 72.0 cm³/mol. The van der Waals surface area contributed by atoms with Crippen LogP contribution in [-0.4, -0.2) is 78.3 Å². The van der Waals surface area contributed by atoms with Gasteiger partial charge in [-0.25, -0.2) is 4.79 Å². The summed E-state index contributed by atoms with van der Waals surface area (Å²) in [6.07, 6.45) is 0. The van der Waals surface area contributed by atoms with E-state index in [-0.39, 0.29) is 11.9 Å². The van der Waals surface area contributed by atoms with Crippen molar-refractivity contribution in [2.75, 3.05) is 33.9 Å². The van der Waals surface area contributed by atoms with E-state index in [0.29, 0.717) is 25.6 Å². The molecule has 0 bridgehead atoms. The number of amidine groups is 1. The highest BCUT2D eigenvalue weighted by Crippen LogP contribution is 2.22. The molecule has 20 heavy (non-hydrogen) atoms. The van der Waals surface area contributed by atoms with Crippen LogP contribution in [0, 0.1) is 0 Å². The number of nitrogens with two attached hydrogens (primary N) is 1. The Morgan fingerprint density at radius 1 is 1.35 bits per heavy atom. The van der Waals surface area contributed by atoms with Crippen molar-refractivity contribution in [1.82, 2.24) is 14.7 Å². The molecule has 0 spiro atoms. The lowest BCUT2D eigenvalue weighted by molar-refractivity contribution is -0.130. The SMILES string of the molecule is CCOCCN1/C(=N/N)N=C2C1C(=O)N(C)C(=O)N2C. The fourth-order valence-corrected chi connectivity index (χ4v) is 2.22. The number of hydrogen-bond acceptors (Lipinski definition) is 5. The molecule has 0 aliphatic carbocycles. The molecule has 2 rings (SSSR count). The number of imide groups is 1. The second-order valence-corrected chi connectivity index (χ2v) is 4.43. The molecular formula is C11H18N6O3. The third kappa shape index (κ3) is 2.09. The number of nitrogens with zero attached hydrogens (tertiary/aromatic N) is 5. The van der Waals surface area contributed by atoms with Crippen LogP contribution in [0.5, 0.6) is 0 Å². The number of hydrogen-bond donors (Lipinski definition) is 1. The molecule has 0 aromatic rings. The Balaban J connectivity index is 2.28. The van der Waals surface area contributed by atoms with Crippen molar-refractivity contribution in [3.05, 3.63) is 0 Å². The topological polar surface area (TPSA) is 104 Å². The number of rotatable bonds is 4. The normalized spacial score (nSPS) is 24.6. The highest BCUT2D eigenvalue weighted by molar-refractivity contribution is 6.25. The first-order chi connectivity index (χ1) is 9.52. The van der Waals surface area contributed by atoms with E-state index >= 15 is 0 Å². The summed E-state index contributed by atoms with van der Waals surface area (Å²) in [5, 5.41) is 3.58. The number of urea groups is 1. The van der Waals surface area contributed by atoms with Crippen LogP contribution in [0.1, 0.15) is 6.92 Å². The van der Waals surface area contributed by atoms with E-state index in [1.807, 2.05) is 6.92 Å². The number of hydrazone groups is 1. The molecule has 0 radical (unpaired) electrons. The molecule has 9 nitrogen and oxygen atoms in total. The highest BCUT2D eigenvalue weighted by Gasteiger charge is 2.48. The third-order valence-corrected chi connectivity index (χ3v) is 3.31. The van der Waals surface area contributed by atoms with Gasteiger partial charge in [0.05, 0.1) is 6.61 Å². The maximum Gasteiger partial charge on any atom is 0.331 e. The minimum absolute atomic E-state index is 0.230. The summed E-state index contributed by atoms with van der Waals surface area (Å²) in [6.45, 7) is 3.30. The van der Waals surface area contributed by atoms with E-state index in [0.717, 1.165) is 4.90 Å². The van der Waals surface area contributed by atoms with Gasteiger partial charge in [-0.3, -0.25) is 14.6 Å². The van der Waals surface area contributed by atoms with Crippen LogP contribution in [-0.2, 0) is 9.53 Å². The molecular weight excluding hydrogens is 264 g/mol. The Morgan fingerprint density at radius 2 is 2.05 bits per heavy atom. The van der Waals surface area contributed by atoms with Gasteiger partial charge in [0.2, 0.25) is 5.96 Å². The van der Waals surface area contributed by atoms with E-state index in [1.54, 1.807) is 11.9 Å². The van der Waals surface area contributed by atoms with Gasteiger partial charge in [0.25, 0.3) is 5.91 Å². The zero-order valence-electron chi connectivity index (χ0n) is 11.7. The van der Waals surface area contributed by atoms with Crippen LogP contribution < -0.4 is 5.84 Å². The summed E-state index contributed by atoms with van der Waals surface area (Å²) in [6, 6.07) is -1.10. The second kappa shape index (κ2) is 5.45. The standard InChI is InChI=1S/C11H18N6O3/c1-4-20-6-5-17-7-8(13-10(17)14-12)15(2)11(19)16(3)9(7)18/h7H,4-6,12H2,1-3H3/b14-10+. The minimum atomic E-state index is -0.676. The first-order valence-corrected chi connectivity index (χ1v) is 6.29. The lowest BCUT2D eigenvalue weighted by Gasteiger charge is -2.36. The monoisotopic (exact) mass is 282 g/mol. The van der Waals surface area contributed by atoms with E-state index in [2.05, 4.69) is 10.1 Å². The van der Waals surface area contributed by atoms with Crippen molar-refractivity contribution in [2.45, 2.75) is 13.0 Å². The van der Waals surface area contributed by atoms with Gasteiger partial charge in [0.15, 0.2) is 6.04 Å². The molecule has 3 amide bonds. The third-order valence-electron chi connectivity index (χ3n) is 3.31. The van der Waals surface area contributed by atoms with Gasteiger partial charge >= 0.3 is 6.03 Å². The molecule has 1 atom stereocenters. The molecule has 0 aromatic heterocycles. The molecule has 110 valence electrons. The summed E-state index contributed by atoms with van der Waals surface area (Å²) in [4.78, 5) is 32.4. The lowest BCUT2D eigenvalue weighted by Crippen LogP contribution is -2.62. The van der Waals surface area contributed by atoms with Gasteiger partial charge in [0, 0.05) is 27.2 Å². The van der Waals surface area contributed by atoms with Gasteiger partial charge in [-0.05, 0) is 6.92 Å². The molecule has 2 aliphatic rings. The van der Waals surface area contributed by atoms with Crippen molar-refractivity contribution >= 4 is 23.7 Å². The van der Waals surface area contributed by atoms with Crippen molar-refractivity contribution in [3.63, 3.8) is 0 Å². The first kappa shape index (κ1) is 14.3. The van der Waals surface area contributed by atoms with Gasteiger partial charge in [0.1, 0.15) is 5.84 Å². The van der Waals surface area contributed by atoms with Crippen molar-refractivity contribution in [1.29, 1.82) is 0 Å². The minimum Gasteiger partial charge on any atom is -0.380 e. The lowest BCUT2D eigenvalue weighted by atomic mass is 10.1. The van der Waals surface area contributed by atoms with Crippen LogP contribution in [0.4, 0.5) is 4.79 Å². The van der Waals surface area contributed by atoms with E-state index in [4.69, 9.17) is 10.6 Å². The zero-order valence-corrected chi connectivity index (χ0v) is 11.7. The van der Waals surface area contributed by atoms with Crippen LogP contribution in [0.25, 0.3) is 0 Å². The van der Waals surface area contributed by atoms with E-state index < -0.39 is 12.1 Å². The number of aliphatic imine (C=N–C) groups is 1. The number of fused-ring (bicyclic) bond motifs is 1. The fraction of sp³-hybridized carbons (Fsp3) is 0.636. The van der Waals surface area contributed by atoms with E-state index in [1.165, 1.54) is 11.9 Å². The Bertz CT molecular complexity index is 489. The Hall–Kier alpha value is -2.16. The molecule has 1 saturated heterocycles. The second-order valence-electron chi connectivity index (χ2n) is 4.43. The fourth-order valence-electron chi connectivity index (χ4n) is 2.22. The van der Waals surface area contributed by atoms with E-state index in [9.17, 15) is 9.59 Å². The number of carbonyl (C=O) groups is 2. The molecule has 1 unspecified atom stereocenters. The number of amides is 3. The summed E-state index contributed by atoms with van der Waals surface area (Å²) in [5.74, 6) is 5.54. The Morgan fingerprint density at radius 3 is 2.65 bits per heavy atom. The summed E-state index contributed by atoms with van der Waals surface area (Å²) < 4.78 is 5.28. The molecule has 1 fully saturated rings. The average molecular weight is 282 g/mol. The summed E-state index contributed by atoms with van der Waals surface area (Å²) in [7, 11) is 3.01. The number of carbonyl (C=O) groups excluding carboxylic acids is 2. The molecule has 2 heterocycles. The van der Waals surface area contributed by atoms with Gasteiger partial charge in [-0.1, -0.05) is 0 Å². The van der Waals surface area contributed by atoms with Crippen LogP contribution in [0.15, 0.2) is 10.1 Å². The smallest absolute Gasteiger partial charge is 0.331 e. The molecule has 2 aliphatic heterocycles. The molecule has 0 saturated carbocycles. The summed E-state index contributed by atoms with van der Waals surface area (Å²) in [5.41, 5.74) is 0. The van der Waals surface area contributed by atoms with Crippen molar-refractivity contribution in [2.24, 2.45) is 15.9 Å². The zero-order chi connectivity index (χ0) is 14.9. The quantitative estimate of drug-likeness (QED) is 0.399. The number of ether oxygens (including phenoxy) is 1. The highest BCUT2D eigenvalue weighted by atomic mass is 16.5. The average Bonchev–Trinajstić information content (AvgIpc) is 2.82. The maximum atomic E-state index is 12.3. The summed E-state index contributed by atoms with van der Waals surface area (Å²) >= 11 is 0. The van der Waals surface area contributed by atoms with Gasteiger partial charge in [-0.15, -0.1) is 5.10 Å². The van der Waals surface area contributed by atoms with Gasteiger partial charge < -0.3 is 15.5 Å². The van der Waals surface area contributed by atoms with Crippen molar-refractivity contribution in [3.8, 4) is 0 Å². The Labute approximate surface area is 116 Å². The first-order valence-electron chi connectivity index (χ1n) is 6.29. The molecule has 9 heteroatoms. The van der Waals surface area contributed by atoms with Crippen LogP contribution in [0.2, 0.25) is 0 Å². The molecule has 0 aromatic carbocycles. The number of guanidine groups is 1. The number of likely N-dealkylation sites (N-methyl/N-ethyl adjacent to an activating group) is 2. The maximum absolute atomic E-state index is 12.3. The molecule has 2 N–H and O–H groups in total. The largest absolute Gasteiger partial charge is 0.380 e. The van der Waals surface area contributed by atoms with Gasteiger partial charge in [-0.2, -0.15) is 4.99 Å².